The molecule has 0 aliphatic heterocycles. The number of benzene rings is 2. The van der Waals surface area contributed by atoms with E-state index in [9.17, 15) is 4.79 Å². The van der Waals surface area contributed by atoms with Crippen molar-refractivity contribution in [1.82, 2.24) is 14.6 Å². The zero-order valence-electron chi connectivity index (χ0n) is 14.4. The number of carbonyl (C=O) groups excluding carboxylic acids is 1. The zero-order chi connectivity index (χ0) is 18.8. The normalized spacial score (nSPS) is 10.7. The summed E-state index contributed by atoms with van der Waals surface area (Å²) >= 11 is 6.12. The minimum Gasteiger partial charge on any atom is -0.495 e. The molecule has 0 spiro atoms. The molecule has 0 bridgehead atoms. The number of carbonyl (C=O) groups is 1. The summed E-state index contributed by atoms with van der Waals surface area (Å²) in [5, 5.41) is 7.58. The van der Waals surface area contributed by atoms with Crippen LogP contribution in [-0.4, -0.2) is 27.6 Å². The Bertz CT molecular complexity index is 1130. The first-order valence-corrected chi connectivity index (χ1v) is 8.58. The largest absolute Gasteiger partial charge is 0.495 e. The summed E-state index contributed by atoms with van der Waals surface area (Å²) in [6.07, 6.45) is 3.18. The van der Waals surface area contributed by atoms with Gasteiger partial charge in [0, 0.05) is 17.4 Å². The highest BCUT2D eigenvalue weighted by Gasteiger charge is 2.16. The Balaban J connectivity index is 1.68. The minimum atomic E-state index is -0.316. The lowest BCUT2D eigenvalue weighted by Gasteiger charge is -2.08. The van der Waals surface area contributed by atoms with E-state index < -0.39 is 0 Å². The summed E-state index contributed by atoms with van der Waals surface area (Å²) in [6.45, 7) is 0. The fourth-order valence-electron chi connectivity index (χ4n) is 2.82. The SMILES string of the molecule is COc1ccc(NC(=O)c2cnn3c(-c4ccccc4)ccnc23)cc1Cl. The molecule has 6 nitrogen and oxygen atoms in total. The Morgan fingerprint density at radius 3 is 2.70 bits per heavy atom. The monoisotopic (exact) mass is 378 g/mol. The van der Waals surface area contributed by atoms with Crippen LogP contribution in [0.25, 0.3) is 16.9 Å². The van der Waals surface area contributed by atoms with Crippen LogP contribution in [0.3, 0.4) is 0 Å². The number of methoxy groups -OCH3 is 1. The first kappa shape index (κ1) is 17.1. The van der Waals surface area contributed by atoms with Gasteiger partial charge in [0.2, 0.25) is 0 Å². The van der Waals surface area contributed by atoms with Gasteiger partial charge in [-0.2, -0.15) is 5.10 Å². The van der Waals surface area contributed by atoms with E-state index in [1.807, 2.05) is 36.4 Å². The fraction of sp³-hybridized carbons (Fsp3) is 0.0500. The number of anilines is 1. The maximum Gasteiger partial charge on any atom is 0.261 e. The molecule has 0 radical (unpaired) electrons. The summed E-state index contributed by atoms with van der Waals surface area (Å²) in [4.78, 5) is 17.1. The Labute approximate surface area is 160 Å². The van der Waals surface area contributed by atoms with E-state index in [4.69, 9.17) is 16.3 Å². The predicted octanol–water partition coefficient (Wildman–Crippen LogP) is 4.31. The molecule has 0 atom stereocenters. The van der Waals surface area contributed by atoms with Crippen LogP contribution in [0.4, 0.5) is 5.69 Å². The van der Waals surface area contributed by atoms with Crippen molar-refractivity contribution in [3.8, 4) is 17.0 Å². The summed E-state index contributed by atoms with van der Waals surface area (Å²) in [5.74, 6) is 0.226. The second kappa shape index (κ2) is 7.09. The molecular weight excluding hydrogens is 364 g/mol. The van der Waals surface area contributed by atoms with E-state index in [0.717, 1.165) is 11.3 Å². The van der Waals surface area contributed by atoms with E-state index in [1.165, 1.54) is 13.3 Å². The number of amides is 1. The topological polar surface area (TPSA) is 68.5 Å². The average molecular weight is 379 g/mol. The van der Waals surface area contributed by atoms with Gasteiger partial charge >= 0.3 is 0 Å². The van der Waals surface area contributed by atoms with Crippen LogP contribution >= 0.6 is 11.6 Å². The second-order valence-corrected chi connectivity index (χ2v) is 6.20. The third kappa shape index (κ3) is 3.22. The minimum absolute atomic E-state index is 0.316. The Morgan fingerprint density at radius 2 is 1.96 bits per heavy atom. The standard InChI is InChI=1S/C20H15ClN4O2/c1-27-18-8-7-14(11-16(18)21)24-20(26)15-12-23-25-17(9-10-22-19(15)25)13-5-3-2-4-6-13/h2-12H,1H3,(H,24,26). The summed E-state index contributed by atoms with van der Waals surface area (Å²) in [5.41, 5.74) is 3.26. The molecule has 27 heavy (non-hydrogen) atoms. The molecule has 1 amide bonds. The summed E-state index contributed by atoms with van der Waals surface area (Å²) < 4.78 is 6.78. The lowest BCUT2D eigenvalue weighted by atomic mass is 10.1. The van der Waals surface area contributed by atoms with Crippen molar-refractivity contribution >= 4 is 28.8 Å². The number of hydrogen-bond acceptors (Lipinski definition) is 4. The van der Waals surface area contributed by atoms with Crippen LogP contribution in [0, 0.1) is 0 Å². The molecule has 0 aliphatic rings. The molecule has 0 aliphatic carbocycles. The molecule has 0 unspecified atom stereocenters. The molecule has 0 fully saturated rings. The molecule has 1 N–H and O–H groups in total. The van der Waals surface area contributed by atoms with E-state index in [0.29, 0.717) is 27.7 Å². The number of hydrogen-bond donors (Lipinski definition) is 1. The van der Waals surface area contributed by atoms with E-state index >= 15 is 0 Å². The highest BCUT2D eigenvalue weighted by Crippen LogP contribution is 2.28. The van der Waals surface area contributed by atoms with Crippen LogP contribution in [0.15, 0.2) is 67.0 Å². The maximum absolute atomic E-state index is 12.7. The zero-order valence-corrected chi connectivity index (χ0v) is 15.1. The molecular formula is C20H15ClN4O2. The molecule has 0 saturated heterocycles. The number of ether oxygens (including phenoxy) is 1. The van der Waals surface area contributed by atoms with Gasteiger partial charge in [0.05, 0.1) is 24.0 Å². The van der Waals surface area contributed by atoms with Crippen LogP contribution < -0.4 is 10.1 Å². The van der Waals surface area contributed by atoms with Gasteiger partial charge < -0.3 is 10.1 Å². The second-order valence-electron chi connectivity index (χ2n) is 5.79. The van der Waals surface area contributed by atoms with Gasteiger partial charge in [-0.15, -0.1) is 0 Å². The van der Waals surface area contributed by atoms with Crippen molar-refractivity contribution in [3.63, 3.8) is 0 Å². The number of rotatable bonds is 4. The van der Waals surface area contributed by atoms with Crippen LogP contribution in [0.2, 0.25) is 5.02 Å². The van der Waals surface area contributed by atoms with Crippen molar-refractivity contribution in [1.29, 1.82) is 0 Å². The first-order valence-electron chi connectivity index (χ1n) is 8.20. The quantitative estimate of drug-likeness (QED) is 0.574. The van der Waals surface area contributed by atoms with Crippen molar-refractivity contribution in [3.05, 3.63) is 77.6 Å². The molecule has 2 aromatic carbocycles. The first-order chi connectivity index (χ1) is 13.2. The van der Waals surface area contributed by atoms with Crippen LogP contribution in [0.5, 0.6) is 5.75 Å². The highest BCUT2D eigenvalue weighted by molar-refractivity contribution is 6.32. The molecule has 4 rings (SSSR count). The lowest BCUT2D eigenvalue weighted by Crippen LogP contribution is -2.12. The fourth-order valence-corrected chi connectivity index (χ4v) is 3.08. The van der Waals surface area contributed by atoms with E-state index in [2.05, 4.69) is 15.4 Å². The molecule has 2 heterocycles. The average Bonchev–Trinajstić information content (AvgIpc) is 3.13. The summed E-state index contributed by atoms with van der Waals surface area (Å²) in [7, 11) is 1.54. The van der Waals surface area contributed by atoms with Crippen molar-refractivity contribution in [2.45, 2.75) is 0 Å². The van der Waals surface area contributed by atoms with Crippen molar-refractivity contribution in [2.75, 3.05) is 12.4 Å². The third-order valence-electron chi connectivity index (χ3n) is 4.13. The Kier molecular flexibility index (Phi) is 4.48. The predicted molar refractivity (Wildman–Crippen MR) is 104 cm³/mol. The number of aromatic nitrogens is 3. The smallest absolute Gasteiger partial charge is 0.261 e. The molecule has 2 aromatic heterocycles. The highest BCUT2D eigenvalue weighted by atomic mass is 35.5. The maximum atomic E-state index is 12.7. The Hall–Kier alpha value is -3.38. The van der Waals surface area contributed by atoms with Crippen molar-refractivity contribution in [2.24, 2.45) is 0 Å². The number of nitrogens with zero attached hydrogens (tertiary/aromatic N) is 3. The molecule has 4 aromatic rings. The number of fused-ring (bicyclic) bond motifs is 1. The number of nitrogens with one attached hydrogen (secondary N) is 1. The van der Waals surface area contributed by atoms with E-state index in [-0.39, 0.29) is 5.91 Å². The summed E-state index contributed by atoms with van der Waals surface area (Å²) in [6, 6.07) is 16.7. The third-order valence-corrected chi connectivity index (χ3v) is 4.42. The van der Waals surface area contributed by atoms with Gasteiger partial charge in [-0.05, 0) is 24.3 Å². The van der Waals surface area contributed by atoms with E-state index in [1.54, 1.807) is 28.9 Å². The lowest BCUT2D eigenvalue weighted by molar-refractivity contribution is 0.102. The van der Waals surface area contributed by atoms with Crippen LogP contribution in [-0.2, 0) is 0 Å². The van der Waals surface area contributed by atoms with Gasteiger partial charge in [-0.1, -0.05) is 41.9 Å². The van der Waals surface area contributed by atoms with Crippen LogP contribution in [0.1, 0.15) is 10.4 Å². The van der Waals surface area contributed by atoms with Gasteiger partial charge in [0.25, 0.3) is 5.91 Å². The molecule has 0 saturated carbocycles. The number of halogens is 1. The van der Waals surface area contributed by atoms with Gasteiger partial charge in [0.1, 0.15) is 11.3 Å². The molecule has 134 valence electrons. The van der Waals surface area contributed by atoms with Gasteiger partial charge in [-0.3, -0.25) is 4.79 Å². The molecule has 7 heteroatoms. The Morgan fingerprint density at radius 1 is 1.15 bits per heavy atom. The van der Waals surface area contributed by atoms with Gasteiger partial charge in [0.15, 0.2) is 5.65 Å². The van der Waals surface area contributed by atoms with Gasteiger partial charge in [-0.25, -0.2) is 9.50 Å². The van der Waals surface area contributed by atoms with Crippen molar-refractivity contribution < 1.29 is 9.53 Å².